The molecule has 0 aliphatic carbocycles. The van der Waals surface area contributed by atoms with Crippen LogP contribution in [0.25, 0.3) is 5.69 Å². The van der Waals surface area contributed by atoms with Crippen molar-refractivity contribution in [2.24, 2.45) is 0 Å². The lowest BCUT2D eigenvalue weighted by Gasteiger charge is -2.13. The van der Waals surface area contributed by atoms with E-state index in [1.807, 2.05) is 35.8 Å². The van der Waals surface area contributed by atoms with Crippen molar-refractivity contribution in [1.82, 2.24) is 14.8 Å². The van der Waals surface area contributed by atoms with Crippen LogP contribution in [0.4, 0.5) is 11.4 Å². The van der Waals surface area contributed by atoms with E-state index in [2.05, 4.69) is 15.5 Å². The standard InChI is InChI=1S/C18H17N5O3S/c1-12(14-5-3-8-17(9-14)23(25)26)27-18-21-19-11-22(18)16-7-4-6-15(10-16)20-13(2)24/h3-12H,1-2H3,(H,20,24). The van der Waals surface area contributed by atoms with Crippen LogP contribution >= 0.6 is 11.8 Å². The number of hydrogen-bond donors (Lipinski definition) is 1. The van der Waals surface area contributed by atoms with Crippen molar-refractivity contribution < 1.29 is 9.72 Å². The van der Waals surface area contributed by atoms with Gasteiger partial charge in [0.1, 0.15) is 6.33 Å². The van der Waals surface area contributed by atoms with Crippen molar-refractivity contribution in [1.29, 1.82) is 0 Å². The minimum atomic E-state index is -0.406. The Kier molecular flexibility index (Phi) is 5.51. The molecule has 138 valence electrons. The van der Waals surface area contributed by atoms with Gasteiger partial charge in [-0.2, -0.15) is 0 Å². The zero-order chi connectivity index (χ0) is 19.4. The monoisotopic (exact) mass is 383 g/mol. The molecule has 0 fully saturated rings. The Labute approximate surface area is 159 Å². The number of nitrogens with zero attached hydrogens (tertiary/aromatic N) is 4. The van der Waals surface area contributed by atoms with Crippen LogP contribution in [0.3, 0.4) is 0 Å². The molecule has 0 aliphatic heterocycles. The second kappa shape index (κ2) is 8.00. The summed E-state index contributed by atoms with van der Waals surface area (Å²) in [6.07, 6.45) is 1.59. The van der Waals surface area contributed by atoms with Gasteiger partial charge < -0.3 is 5.32 Å². The van der Waals surface area contributed by atoms with Crippen LogP contribution in [0.5, 0.6) is 0 Å². The predicted octanol–water partition coefficient (Wildman–Crippen LogP) is 3.99. The summed E-state index contributed by atoms with van der Waals surface area (Å²) in [6, 6.07) is 13.9. The topological polar surface area (TPSA) is 103 Å². The highest BCUT2D eigenvalue weighted by Crippen LogP contribution is 2.35. The number of non-ortho nitro benzene ring substituents is 1. The molecule has 9 heteroatoms. The van der Waals surface area contributed by atoms with Gasteiger partial charge in [0.15, 0.2) is 5.16 Å². The second-order valence-corrected chi connectivity index (χ2v) is 7.14. The van der Waals surface area contributed by atoms with Crippen molar-refractivity contribution in [3.63, 3.8) is 0 Å². The van der Waals surface area contributed by atoms with E-state index in [9.17, 15) is 14.9 Å². The van der Waals surface area contributed by atoms with E-state index in [-0.39, 0.29) is 16.8 Å². The molecule has 1 amide bonds. The lowest BCUT2D eigenvalue weighted by Crippen LogP contribution is -2.06. The molecule has 27 heavy (non-hydrogen) atoms. The summed E-state index contributed by atoms with van der Waals surface area (Å²) < 4.78 is 1.81. The van der Waals surface area contributed by atoms with Gasteiger partial charge >= 0.3 is 0 Å². The maximum Gasteiger partial charge on any atom is 0.269 e. The molecule has 8 nitrogen and oxygen atoms in total. The van der Waals surface area contributed by atoms with Crippen LogP contribution in [0.2, 0.25) is 0 Å². The number of nitro groups is 1. The van der Waals surface area contributed by atoms with Crippen molar-refractivity contribution in [2.45, 2.75) is 24.3 Å². The average molecular weight is 383 g/mol. The maximum atomic E-state index is 11.3. The molecule has 2 aromatic carbocycles. The summed E-state index contributed by atoms with van der Waals surface area (Å²) in [7, 11) is 0. The van der Waals surface area contributed by atoms with Gasteiger partial charge in [-0.05, 0) is 30.7 Å². The second-order valence-electron chi connectivity index (χ2n) is 5.83. The number of benzene rings is 2. The van der Waals surface area contributed by atoms with E-state index in [1.54, 1.807) is 24.5 Å². The Balaban J connectivity index is 1.84. The summed E-state index contributed by atoms with van der Waals surface area (Å²) in [5.74, 6) is -0.148. The summed E-state index contributed by atoms with van der Waals surface area (Å²) in [6.45, 7) is 3.41. The van der Waals surface area contributed by atoms with Gasteiger partial charge in [-0.1, -0.05) is 30.0 Å². The number of anilines is 1. The zero-order valence-corrected chi connectivity index (χ0v) is 15.5. The predicted molar refractivity (Wildman–Crippen MR) is 103 cm³/mol. The number of carbonyl (C=O) groups excluding carboxylic acids is 1. The Morgan fingerprint density at radius 1 is 1.26 bits per heavy atom. The molecule has 0 radical (unpaired) electrons. The quantitative estimate of drug-likeness (QED) is 0.392. The van der Waals surface area contributed by atoms with Crippen molar-refractivity contribution >= 4 is 29.0 Å². The maximum absolute atomic E-state index is 11.3. The van der Waals surface area contributed by atoms with E-state index in [0.717, 1.165) is 11.3 Å². The van der Waals surface area contributed by atoms with Crippen LogP contribution in [0.1, 0.15) is 24.7 Å². The minimum absolute atomic E-state index is 0.0597. The van der Waals surface area contributed by atoms with E-state index in [1.165, 1.54) is 24.8 Å². The average Bonchev–Trinajstić information content (AvgIpc) is 3.09. The largest absolute Gasteiger partial charge is 0.326 e. The number of carbonyl (C=O) groups is 1. The number of hydrogen-bond acceptors (Lipinski definition) is 6. The van der Waals surface area contributed by atoms with Gasteiger partial charge in [0.25, 0.3) is 5.69 Å². The lowest BCUT2D eigenvalue weighted by atomic mass is 10.1. The first-order valence-electron chi connectivity index (χ1n) is 8.13. The number of rotatable bonds is 6. The number of nitrogens with one attached hydrogen (secondary N) is 1. The molecule has 3 rings (SSSR count). The van der Waals surface area contributed by atoms with Crippen molar-refractivity contribution in [3.8, 4) is 5.69 Å². The molecule has 0 saturated heterocycles. The molecule has 3 aromatic rings. The Morgan fingerprint density at radius 2 is 2.04 bits per heavy atom. The molecule has 0 spiro atoms. The summed E-state index contributed by atoms with van der Waals surface area (Å²) in [4.78, 5) is 21.8. The van der Waals surface area contributed by atoms with E-state index >= 15 is 0 Å². The summed E-state index contributed by atoms with van der Waals surface area (Å²) in [5.41, 5.74) is 2.37. The van der Waals surface area contributed by atoms with Crippen LogP contribution in [-0.4, -0.2) is 25.6 Å². The van der Waals surface area contributed by atoms with Gasteiger partial charge in [0.2, 0.25) is 5.91 Å². The van der Waals surface area contributed by atoms with Crippen LogP contribution < -0.4 is 5.32 Å². The molecule has 0 saturated carbocycles. The molecule has 0 aliphatic rings. The lowest BCUT2D eigenvalue weighted by molar-refractivity contribution is -0.384. The molecular weight excluding hydrogens is 366 g/mol. The minimum Gasteiger partial charge on any atom is -0.326 e. The molecule has 1 heterocycles. The van der Waals surface area contributed by atoms with Crippen LogP contribution in [0.15, 0.2) is 60.0 Å². The van der Waals surface area contributed by atoms with E-state index in [4.69, 9.17) is 0 Å². The number of nitro benzene ring substituents is 1. The summed E-state index contributed by atoms with van der Waals surface area (Å²) in [5, 5.41) is 22.5. The third kappa shape index (κ3) is 4.50. The molecule has 1 unspecified atom stereocenters. The Morgan fingerprint density at radius 3 is 2.78 bits per heavy atom. The summed E-state index contributed by atoms with van der Waals surface area (Å²) >= 11 is 1.44. The zero-order valence-electron chi connectivity index (χ0n) is 14.7. The Hall–Kier alpha value is -3.20. The van der Waals surface area contributed by atoms with Crippen molar-refractivity contribution in [2.75, 3.05) is 5.32 Å². The first-order chi connectivity index (χ1) is 12.9. The van der Waals surface area contributed by atoms with E-state index in [0.29, 0.717) is 10.8 Å². The number of amides is 1. The third-order valence-electron chi connectivity index (χ3n) is 3.79. The smallest absolute Gasteiger partial charge is 0.269 e. The highest BCUT2D eigenvalue weighted by Gasteiger charge is 2.16. The van der Waals surface area contributed by atoms with Gasteiger partial charge in [-0.15, -0.1) is 10.2 Å². The first kappa shape index (κ1) is 18.6. The van der Waals surface area contributed by atoms with Gasteiger partial charge in [-0.25, -0.2) is 0 Å². The fraction of sp³-hybridized carbons (Fsp3) is 0.167. The fourth-order valence-corrected chi connectivity index (χ4v) is 3.50. The SMILES string of the molecule is CC(=O)Nc1cccc(-n2cnnc2SC(C)c2cccc([N+](=O)[O-])c2)c1. The van der Waals surface area contributed by atoms with Crippen LogP contribution in [0, 0.1) is 10.1 Å². The Bertz CT molecular complexity index is 988. The highest BCUT2D eigenvalue weighted by molar-refractivity contribution is 7.99. The van der Waals surface area contributed by atoms with Gasteiger partial charge in [0, 0.05) is 30.0 Å². The molecular formula is C18H17N5O3S. The van der Waals surface area contributed by atoms with Gasteiger partial charge in [0.05, 0.1) is 10.6 Å². The normalized spacial score (nSPS) is 11.8. The van der Waals surface area contributed by atoms with Gasteiger partial charge in [-0.3, -0.25) is 19.5 Å². The molecule has 1 N–H and O–H groups in total. The van der Waals surface area contributed by atoms with Crippen LogP contribution in [-0.2, 0) is 4.79 Å². The molecule has 1 atom stereocenters. The number of thioether (sulfide) groups is 1. The highest BCUT2D eigenvalue weighted by atomic mass is 32.2. The molecule has 1 aromatic heterocycles. The first-order valence-corrected chi connectivity index (χ1v) is 9.01. The number of aromatic nitrogens is 3. The fourth-order valence-electron chi connectivity index (χ4n) is 2.54. The van der Waals surface area contributed by atoms with E-state index < -0.39 is 4.92 Å². The van der Waals surface area contributed by atoms with Crippen molar-refractivity contribution in [3.05, 3.63) is 70.5 Å². The molecule has 0 bridgehead atoms. The third-order valence-corrected chi connectivity index (χ3v) is 4.91.